The van der Waals surface area contributed by atoms with Crippen molar-refractivity contribution in [3.63, 3.8) is 0 Å². The Balaban J connectivity index is 1.75. The van der Waals surface area contributed by atoms with Crippen molar-refractivity contribution in [1.82, 2.24) is 9.71 Å². The van der Waals surface area contributed by atoms with Gasteiger partial charge in [0.1, 0.15) is 0 Å². The first-order valence-electron chi connectivity index (χ1n) is 6.05. The zero-order chi connectivity index (χ0) is 13.5. The Kier molecular flexibility index (Phi) is 3.20. The molecule has 1 aliphatic rings. The lowest BCUT2D eigenvalue weighted by Crippen LogP contribution is -2.26. The van der Waals surface area contributed by atoms with Gasteiger partial charge < -0.3 is 4.42 Å². The molecule has 1 saturated carbocycles. The van der Waals surface area contributed by atoms with E-state index in [1.54, 1.807) is 6.26 Å². The van der Waals surface area contributed by atoms with E-state index in [1.165, 1.54) is 11.3 Å². The van der Waals surface area contributed by atoms with Crippen LogP contribution in [0.3, 0.4) is 0 Å². The molecule has 102 valence electrons. The van der Waals surface area contributed by atoms with Gasteiger partial charge >= 0.3 is 0 Å². The van der Waals surface area contributed by atoms with Crippen LogP contribution in [-0.2, 0) is 16.6 Å². The molecule has 2 aromatic rings. The van der Waals surface area contributed by atoms with Gasteiger partial charge in [0.15, 0.2) is 10.8 Å². The third-order valence-electron chi connectivity index (χ3n) is 3.02. The highest BCUT2D eigenvalue weighted by Gasteiger charge is 2.35. The topological polar surface area (TPSA) is 72.2 Å². The first-order valence-corrected chi connectivity index (χ1v) is 8.41. The lowest BCUT2D eigenvalue weighted by molar-refractivity contribution is 0.580. The van der Waals surface area contributed by atoms with E-state index in [4.69, 9.17) is 4.42 Å². The molecular formula is C12H14N2O3S2. The SMILES string of the molecule is Cc1nc(-c2ccco2)sc1CNS(=O)(=O)C1CC1. The van der Waals surface area contributed by atoms with Crippen LogP contribution < -0.4 is 4.72 Å². The van der Waals surface area contributed by atoms with Gasteiger partial charge in [0.2, 0.25) is 10.0 Å². The summed E-state index contributed by atoms with van der Waals surface area (Å²) in [6.07, 6.45) is 3.14. The van der Waals surface area contributed by atoms with E-state index in [-0.39, 0.29) is 5.25 Å². The summed E-state index contributed by atoms with van der Waals surface area (Å²) in [5.41, 5.74) is 0.842. The average Bonchev–Trinajstić information content (AvgIpc) is 2.97. The van der Waals surface area contributed by atoms with Gasteiger partial charge in [0, 0.05) is 11.4 Å². The largest absolute Gasteiger partial charge is 0.462 e. The zero-order valence-electron chi connectivity index (χ0n) is 10.4. The number of rotatable bonds is 5. The molecule has 0 radical (unpaired) electrons. The van der Waals surface area contributed by atoms with Gasteiger partial charge in [-0.15, -0.1) is 11.3 Å². The Morgan fingerprint density at radius 3 is 2.95 bits per heavy atom. The number of thiazole rings is 1. The number of hydrogen-bond donors (Lipinski definition) is 1. The van der Waals surface area contributed by atoms with Crippen molar-refractivity contribution in [3.8, 4) is 10.8 Å². The van der Waals surface area contributed by atoms with Crippen LogP contribution in [0.4, 0.5) is 0 Å². The Hall–Kier alpha value is -1.18. The molecule has 0 aliphatic heterocycles. The lowest BCUT2D eigenvalue weighted by atomic mass is 10.4. The molecule has 7 heteroatoms. The summed E-state index contributed by atoms with van der Waals surface area (Å²) in [7, 11) is -3.14. The second kappa shape index (κ2) is 4.73. The summed E-state index contributed by atoms with van der Waals surface area (Å²) >= 11 is 1.46. The van der Waals surface area contributed by atoms with Gasteiger partial charge in [-0.05, 0) is 31.9 Å². The number of nitrogens with one attached hydrogen (secondary N) is 1. The minimum absolute atomic E-state index is 0.190. The van der Waals surface area contributed by atoms with Crippen molar-refractivity contribution >= 4 is 21.4 Å². The number of sulfonamides is 1. The maximum absolute atomic E-state index is 11.8. The number of aromatic nitrogens is 1. The minimum atomic E-state index is -3.14. The normalized spacial score (nSPS) is 15.8. The van der Waals surface area contributed by atoms with E-state index in [1.807, 2.05) is 19.1 Å². The summed E-state index contributed by atoms with van der Waals surface area (Å²) in [4.78, 5) is 5.33. The van der Waals surface area contributed by atoms with Crippen LogP contribution in [0.2, 0.25) is 0 Å². The Labute approximate surface area is 115 Å². The molecule has 0 atom stereocenters. The highest BCUT2D eigenvalue weighted by molar-refractivity contribution is 7.90. The third kappa shape index (κ3) is 2.72. The van der Waals surface area contributed by atoms with E-state index < -0.39 is 10.0 Å². The summed E-state index contributed by atoms with van der Waals surface area (Å²) in [5.74, 6) is 0.712. The summed E-state index contributed by atoms with van der Waals surface area (Å²) in [6.45, 7) is 2.19. The van der Waals surface area contributed by atoms with E-state index in [0.29, 0.717) is 12.3 Å². The summed E-state index contributed by atoms with van der Waals surface area (Å²) in [6, 6.07) is 3.65. The van der Waals surface area contributed by atoms with Crippen LogP contribution in [0.15, 0.2) is 22.8 Å². The number of nitrogens with zero attached hydrogens (tertiary/aromatic N) is 1. The predicted octanol–water partition coefficient (Wildman–Crippen LogP) is 2.29. The minimum Gasteiger partial charge on any atom is -0.462 e. The van der Waals surface area contributed by atoms with Crippen molar-refractivity contribution in [2.45, 2.75) is 31.6 Å². The molecule has 2 heterocycles. The van der Waals surface area contributed by atoms with E-state index in [0.717, 1.165) is 28.4 Å². The molecule has 0 saturated heterocycles. The van der Waals surface area contributed by atoms with Gasteiger partial charge in [-0.1, -0.05) is 0 Å². The molecular weight excluding hydrogens is 284 g/mol. The predicted molar refractivity (Wildman–Crippen MR) is 73.3 cm³/mol. The van der Waals surface area contributed by atoms with Crippen molar-refractivity contribution in [3.05, 3.63) is 29.0 Å². The summed E-state index contributed by atoms with van der Waals surface area (Å²) < 4.78 is 31.5. The lowest BCUT2D eigenvalue weighted by Gasteiger charge is -2.03. The van der Waals surface area contributed by atoms with Crippen LogP contribution >= 0.6 is 11.3 Å². The molecule has 5 nitrogen and oxygen atoms in total. The third-order valence-corrected chi connectivity index (χ3v) is 6.09. The second-order valence-corrected chi connectivity index (χ2v) is 7.70. The van der Waals surface area contributed by atoms with E-state index in [2.05, 4.69) is 9.71 Å². The maximum Gasteiger partial charge on any atom is 0.214 e. The van der Waals surface area contributed by atoms with Crippen molar-refractivity contribution in [2.24, 2.45) is 0 Å². The second-order valence-electron chi connectivity index (χ2n) is 4.57. The Morgan fingerprint density at radius 1 is 1.53 bits per heavy atom. The molecule has 0 aromatic carbocycles. The highest BCUT2D eigenvalue weighted by atomic mass is 32.2. The van der Waals surface area contributed by atoms with Gasteiger partial charge in [-0.3, -0.25) is 0 Å². The molecule has 2 aromatic heterocycles. The quantitative estimate of drug-likeness (QED) is 0.919. The molecule has 0 amide bonds. The van der Waals surface area contributed by atoms with Crippen LogP contribution in [0.1, 0.15) is 23.4 Å². The molecule has 1 N–H and O–H groups in total. The standard InChI is InChI=1S/C12H14N2O3S2/c1-8-11(7-13-19(15,16)9-4-5-9)18-12(14-8)10-3-2-6-17-10/h2-3,6,9,13H,4-5,7H2,1H3. The van der Waals surface area contributed by atoms with E-state index in [9.17, 15) is 8.42 Å². The number of furan rings is 1. The molecule has 0 unspecified atom stereocenters. The molecule has 0 spiro atoms. The smallest absolute Gasteiger partial charge is 0.214 e. The number of aryl methyl sites for hydroxylation is 1. The monoisotopic (exact) mass is 298 g/mol. The van der Waals surface area contributed by atoms with Crippen LogP contribution in [0, 0.1) is 6.92 Å². The molecule has 1 aliphatic carbocycles. The fourth-order valence-corrected chi connectivity index (χ4v) is 4.16. The first-order chi connectivity index (χ1) is 9.06. The fraction of sp³-hybridized carbons (Fsp3) is 0.417. The Bertz CT molecular complexity index is 670. The number of hydrogen-bond acceptors (Lipinski definition) is 5. The molecule has 0 bridgehead atoms. The highest BCUT2D eigenvalue weighted by Crippen LogP contribution is 2.30. The molecule has 19 heavy (non-hydrogen) atoms. The van der Waals surface area contributed by atoms with Gasteiger partial charge in [0.05, 0.1) is 17.2 Å². The van der Waals surface area contributed by atoms with Crippen LogP contribution in [0.5, 0.6) is 0 Å². The first kappa shape index (κ1) is 12.8. The van der Waals surface area contributed by atoms with E-state index >= 15 is 0 Å². The van der Waals surface area contributed by atoms with Crippen LogP contribution in [0.25, 0.3) is 10.8 Å². The Morgan fingerprint density at radius 2 is 2.32 bits per heavy atom. The van der Waals surface area contributed by atoms with Gasteiger partial charge in [-0.2, -0.15) is 0 Å². The molecule has 1 fully saturated rings. The van der Waals surface area contributed by atoms with Crippen molar-refractivity contribution < 1.29 is 12.8 Å². The van der Waals surface area contributed by atoms with Crippen molar-refractivity contribution in [1.29, 1.82) is 0 Å². The van der Waals surface area contributed by atoms with Gasteiger partial charge in [0.25, 0.3) is 0 Å². The average molecular weight is 298 g/mol. The molecule has 3 rings (SSSR count). The summed E-state index contributed by atoms with van der Waals surface area (Å²) in [5, 5.41) is 0.591. The van der Waals surface area contributed by atoms with Crippen LogP contribution in [-0.4, -0.2) is 18.7 Å². The fourth-order valence-electron chi connectivity index (χ4n) is 1.76. The maximum atomic E-state index is 11.8. The zero-order valence-corrected chi connectivity index (χ0v) is 12.1. The van der Waals surface area contributed by atoms with Crippen molar-refractivity contribution in [2.75, 3.05) is 0 Å². The van der Waals surface area contributed by atoms with Gasteiger partial charge in [-0.25, -0.2) is 18.1 Å².